The standard InChI is InChI=1S/C14H22N2O2/c17-10-6-14-4-1-3-13(15-14)5-2-7-16-8-11-18-12-9-16/h1,3-4,17H,2,5-12H2. The van der Waals surface area contributed by atoms with Gasteiger partial charge in [0.25, 0.3) is 0 Å². The number of hydrogen-bond donors (Lipinski definition) is 1. The summed E-state index contributed by atoms with van der Waals surface area (Å²) in [6.45, 7) is 5.13. The molecule has 1 aliphatic rings. The summed E-state index contributed by atoms with van der Waals surface area (Å²) in [7, 11) is 0. The Labute approximate surface area is 109 Å². The third kappa shape index (κ3) is 4.37. The van der Waals surface area contributed by atoms with Crippen molar-refractivity contribution in [3.63, 3.8) is 0 Å². The highest BCUT2D eigenvalue weighted by atomic mass is 16.5. The highest BCUT2D eigenvalue weighted by molar-refractivity contribution is 5.11. The lowest BCUT2D eigenvalue weighted by molar-refractivity contribution is 0.0374. The summed E-state index contributed by atoms with van der Waals surface area (Å²) in [4.78, 5) is 6.99. The van der Waals surface area contributed by atoms with E-state index < -0.39 is 0 Å². The van der Waals surface area contributed by atoms with Gasteiger partial charge in [-0.05, 0) is 31.5 Å². The van der Waals surface area contributed by atoms with Gasteiger partial charge in [-0.1, -0.05) is 6.07 Å². The van der Waals surface area contributed by atoms with Gasteiger partial charge < -0.3 is 9.84 Å². The smallest absolute Gasteiger partial charge is 0.0594 e. The van der Waals surface area contributed by atoms with Gasteiger partial charge in [0.2, 0.25) is 0 Å². The molecule has 0 atom stereocenters. The second kappa shape index (κ2) is 7.46. The van der Waals surface area contributed by atoms with E-state index in [-0.39, 0.29) is 6.61 Å². The predicted molar refractivity (Wildman–Crippen MR) is 70.6 cm³/mol. The minimum absolute atomic E-state index is 0.171. The summed E-state index contributed by atoms with van der Waals surface area (Å²) in [5.74, 6) is 0. The first-order valence-electron chi connectivity index (χ1n) is 6.74. The van der Waals surface area contributed by atoms with Gasteiger partial charge >= 0.3 is 0 Å². The van der Waals surface area contributed by atoms with E-state index in [2.05, 4.69) is 16.0 Å². The molecule has 18 heavy (non-hydrogen) atoms. The van der Waals surface area contributed by atoms with Crippen LogP contribution in [0.3, 0.4) is 0 Å². The number of nitrogens with zero attached hydrogens (tertiary/aromatic N) is 2. The number of hydrogen-bond acceptors (Lipinski definition) is 4. The Bertz CT molecular complexity index is 351. The third-order valence-corrected chi connectivity index (χ3v) is 3.24. The van der Waals surface area contributed by atoms with Crippen LogP contribution in [0.2, 0.25) is 0 Å². The van der Waals surface area contributed by atoms with Crippen molar-refractivity contribution in [2.24, 2.45) is 0 Å². The zero-order chi connectivity index (χ0) is 12.6. The van der Waals surface area contributed by atoms with Crippen molar-refractivity contribution in [3.8, 4) is 0 Å². The Balaban J connectivity index is 1.73. The number of ether oxygens (including phenoxy) is 1. The molecule has 1 N–H and O–H groups in total. The summed E-state index contributed by atoms with van der Waals surface area (Å²) in [5.41, 5.74) is 2.12. The lowest BCUT2D eigenvalue weighted by Gasteiger charge is -2.26. The van der Waals surface area contributed by atoms with Gasteiger partial charge in [-0.15, -0.1) is 0 Å². The van der Waals surface area contributed by atoms with E-state index in [9.17, 15) is 0 Å². The van der Waals surface area contributed by atoms with Gasteiger partial charge in [-0.3, -0.25) is 9.88 Å². The van der Waals surface area contributed by atoms with Gasteiger partial charge in [0, 0.05) is 37.5 Å². The number of aliphatic hydroxyl groups excluding tert-OH is 1. The van der Waals surface area contributed by atoms with Crippen LogP contribution < -0.4 is 0 Å². The van der Waals surface area contributed by atoms with Crippen molar-refractivity contribution >= 4 is 0 Å². The number of aliphatic hydroxyl groups is 1. The molecule has 0 unspecified atom stereocenters. The minimum atomic E-state index is 0.171. The maximum atomic E-state index is 8.90. The SMILES string of the molecule is OCCc1cccc(CCCN2CCOCC2)n1. The molecule has 0 saturated carbocycles. The fourth-order valence-electron chi connectivity index (χ4n) is 2.23. The number of rotatable bonds is 6. The van der Waals surface area contributed by atoms with Crippen LogP contribution in [0.1, 0.15) is 17.8 Å². The lowest BCUT2D eigenvalue weighted by Crippen LogP contribution is -2.36. The van der Waals surface area contributed by atoms with Crippen LogP contribution in [-0.2, 0) is 17.6 Å². The zero-order valence-electron chi connectivity index (χ0n) is 10.8. The molecule has 1 fully saturated rings. The van der Waals surface area contributed by atoms with Crippen molar-refractivity contribution in [1.82, 2.24) is 9.88 Å². The quantitative estimate of drug-likeness (QED) is 0.814. The Morgan fingerprint density at radius 1 is 1.17 bits per heavy atom. The average Bonchev–Trinajstić information content (AvgIpc) is 2.41. The summed E-state index contributed by atoms with van der Waals surface area (Å²) >= 11 is 0. The Morgan fingerprint density at radius 2 is 1.89 bits per heavy atom. The predicted octanol–water partition coefficient (Wildman–Crippen LogP) is 0.881. The lowest BCUT2D eigenvalue weighted by atomic mass is 10.2. The molecule has 2 heterocycles. The molecule has 4 nitrogen and oxygen atoms in total. The summed E-state index contributed by atoms with van der Waals surface area (Å²) in [6.07, 6.45) is 2.80. The Hall–Kier alpha value is -0.970. The summed E-state index contributed by atoms with van der Waals surface area (Å²) in [6, 6.07) is 6.07. The second-order valence-electron chi connectivity index (χ2n) is 4.65. The molecule has 0 bridgehead atoms. The normalized spacial score (nSPS) is 16.9. The summed E-state index contributed by atoms with van der Waals surface area (Å²) < 4.78 is 5.33. The molecule has 1 aromatic rings. The van der Waals surface area contributed by atoms with E-state index >= 15 is 0 Å². The van der Waals surface area contributed by atoms with Gasteiger partial charge in [0.05, 0.1) is 13.2 Å². The minimum Gasteiger partial charge on any atom is -0.396 e. The first-order valence-corrected chi connectivity index (χ1v) is 6.74. The van der Waals surface area contributed by atoms with Crippen molar-refractivity contribution in [3.05, 3.63) is 29.6 Å². The van der Waals surface area contributed by atoms with Crippen LogP contribution in [0.15, 0.2) is 18.2 Å². The van der Waals surface area contributed by atoms with E-state index in [1.54, 1.807) is 0 Å². The molecule has 0 spiro atoms. The average molecular weight is 250 g/mol. The van der Waals surface area contributed by atoms with E-state index in [1.165, 1.54) is 0 Å². The van der Waals surface area contributed by atoms with Crippen LogP contribution >= 0.6 is 0 Å². The largest absolute Gasteiger partial charge is 0.396 e. The molecule has 100 valence electrons. The number of aryl methyl sites for hydroxylation is 1. The van der Waals surface area contributed by atoms with E-state index in [0.717, 1.165) is 57.1 Å². The van der Waals surface area contributed by atoms with Crippen molar-refractivity contribution in [2.75, 3.05) is 39.5 Å². The van der Waals surface area contributed by atoms with Gasteiger partial charge in [0.15, 0.2) is 0 Å². The van der Waals surface area contributed by atoms with Crippen LogP contribution in [-0.4, -0.2) is 54.4 Å². The fourth-order valence-corrected chi connectivity index (χ4v) is 2.23. The van der Waals surface area contributed by atoms with Crippen molar-refractivity contribution in [2.45, 2.75) is 19.3 Å². The molecule has 0 aromatic carbocycles. The fraction of sp³-hybridized carbons (Fsp3) is 0.643. The summed E-state index contributed by atoms with van der Waals surface area (Å²) in [5, 5.41) is 8.90. The van der Waals surface area contributed by atoms with Crippen LogP contribution in [0.4, 0.5) is 0 Å². The van der Waals surface area contributed by atoms with Gasteiger partial charge in [0.1, 0.15) is 0 Å². The monoisotopic (exact) mass is 250 g/mol. The Morgan fingerprint density at radius 3 is 2.61 bits per heavy atom. The Kier molecular flexibility index (Phi) is 5.58. The van der Waals surface area contributed by atoms with Gasteiger partial charge in [-0.2, -0.15) is 0 Å². The molecular formula is C14H22N2O2. The van der Waals surface area contributed by atoms with E-state index in [1.807, 2.05) is 12.1 Å². The van der Waals surface area contributed by atoms with Crippen molar-refractivity contribution < 1.29 is 9.84 Å². The topological polar surface area (TPSA) is 45.6 Å². The highest BCUT2D eigenvalue weighted by Gasteiger charge is 2.09. The van der Waals surface area contributed by atoms with E-state index in [0.29, 0.717) is 6.42 Å². The maximum Gasteiger partial charge on any atom is 0.0594 e. The van der Waals surface area contributed by atoms with Crippen LogP contribution in [0.25, 0.3) is 0 Å². The second-order valence-corrected chi connectivity index (χ2v) is 4.65. The maximum absolute atomic E-state index is 8.90. The molecule has 0 amide bonds. The molecule has 1 aliphatic heterocycles. The molecule has 2 rings (SSSR count). The highest BCUT2D eigenvalue weighted by Crippen LogP contribution is 2.05. The number of morpholine rings is 1. The third-order valence-electron chi connectivity index (χ3n) is 3.24. The molecule has 0 radical (unpaired) electrons. The van der Waals surface area contributed by atoms with Gasteiger partial charge in [-0.25, -0.2) is 0 Å². The molecule has 0 aliphatic carbocycles. The molecule has 1 aromatic heterocycles. The first kappa shape index (κ1) is 13.5. The molecule has 1 saturated heterocycles. The van der Waals surface area contributed by atoms with Crippen LogP contribution in [0, 0.1) is 0 Å². The molecule has 4 heteroatoms. The zero-order valence-corrected chi connectivity index (χ0v) is 10.8. The first-order chi connectivity index (χ1) is 8.88. The van der Waals surface area contributed by atoms with Crippen molar-refractivity contribution in [1.29, 1.82) is 0 Å². The van der Waals surface area contributed by atoms with E-state index in [4.69, 9.17) is 9.84 Å². The van der Waals surface area contributed by atoms with Crippen LogP contribution in [0.5, 0.6) is 0 Å². The number of aromatic nitrogens is 1. The number of pyridine rings is 1. The molecular weight excluding hydrogens is 228 g/mol.